The highest BCUT2D eigenvalue weighted by atomic mass is 32.1. The van der Waals surface area contributed by atoms with Gasteiger partial charge in [0.15, 0.2) is 11.5 Å². The van der Waals surface area contributed by atoms with Gasteiger partial charge >= 0.3 is 0 Å². The van der Waals surface area contributed by atoms with Crippen LogP contribution in [0.1, 0.15) is 55.0 Å². The third kappa shape index (κ3) is 5.21. The van der Waals surface area contributed by atoms with Crippen LogP contribution in [-0.2, 0) is 22.7 Å². The maximum Gasteiger partial charge on any atom is 0.242 e. The van der Waals surface area contributed by atoms with Crippen LogP contribution in [0.3, 0.4) is 0 Å². The van der Waals surface area contributed by atoms with Crippen LogP contribution < -0.4 is 9.47 Å². The molecule has 1 aliphatic carbocycles. The molecule has 166 valence electrons. The monoisotopic (exact) mass is 442 g/mol. The second kappa shape index (κ2) is 9.73. The van der Waals surface area contributed by atoms with Gasteiger partial charge in [-0.05, 0) is 54.5 Å². The summed E-state index contributed by atoms with van der Waals surface area (Å²) in [5.74, 6) is 1.40. The van der Waals surface area contributed by atoms with Crippen molar-refractivity contribution in [3.05, 3.63) is 45.6 Å². The minimum absolute atomic E-state index is 0.0180. The highest BCUT2D eigenvalue weighted by Gasteiger charge is 2.28. The first-order valence-electron chi connectivity index (χ1n) is 11.0. The first kappa shape index (κ1) is 21.7. The van der Waals surface area contributed by atoms with Gasteiger partial charge in [-0.3, -0.25) is 9.59 Å². The molecule has 0 atom stereocenters. The Labute approximate surface area is 187 Å². The van der Waals surface area contributed by atoms with E-state index in [2.05, 4.69) is 18.4 Å². The van der Waals surface area contributed by atoms with E-state index in [1.54, 1.807) is 23.2 Å². The van der Waals surface area contributed by atoms with Crippen molar-refractivity contribution in [3.63, 3.8) is 0 Å². The van der Waals surface area contributed by atoms with Crippen LogP contribution in [0.2, 0.25) is 0 Å². The largest absolute Gasteiger partial charge is 0.454 e. The zero-order chi connectivity index (χ0) is 21.8. The van der Waals surface area contributed by atoms with E-state index in [0.717, 1.165) is 37.0 Å². The van der Waals surface area contributed by atoms with Gasteiger partial charge in [0.1, 0.15) is 6.54 Å². The van der Waals surface area contributed by atoms with Crippen LogP contribution in [0, 0.1) is 6.92 Å². The third-order valence-electron chi connectivity index (χ3n) is 6.19. The number of aryl methyl sites for hydroxylation is 1. The topological polar surface area (TPSA) is 59.1 Å². The second-order valence-electron chi connectivity index (χ2n) is 8.40. The number of fused-ring (bicyclic) bond motifs is 1. The van der Waals surface area contributed by atoms with Gasteiger partial charge in [-0.25, -0.2) is 0 Å². The molecule has 1 fully saturated rings. The maximum atomic E-state index is 13.5. The van der Waals surface area contributed by atoms with Gasteiger partial charge in [-0.15, -0.1) is 11.3 Å². The lowest BCUT2D eigenvalue weighted by Crippen LogP contribution is -2.47. The first-order valence-corrected chi connectivity index (χ1v) is 11.9. The number of thiophene rings is 1. The highest BCUT2D eigenvalue weighted by molar-refractivity contribution is 7.10. The molecule has 0 N–H and O–H groups in total. The molecule has 1 aliphatic heterocycles. The summed E-state index contributed by atoms with van der Waals surface area (Å²) >= 11 is 1.66. The molecule has 2 aliphatic rings. The summed E-state index contributed by atoms with van der Waals surface area (Å²) in [7, 11) is 0. The summed E-state index contributed by atoms with van der Waals surface area (Å²) in [6, 6.07) is 8.05. The van der Waals surface area contributed by atoms with E-state index in [4.69, 9.17) is 9.47 Å². The highest BCUT2D eigenvalue weighted by Crippen LogP contribution is 2.33. The molecule has 7 heteroatoms. The Morgan fingerprint density at radius 1 is 1.06 bits per heavy atom. The predicted molar refractivity (Wildman–Crippen MR) is 120 cm³/mol. The molecule has 0 radical (unpaired) electrons. The fourth-order valence-corrected chi connectivity index (χ4v) is 5.29. The lowest BCUT2D eigenvalue weighted by Gasteiger charge is -2.35. The molecule has 0 spiro atoms. The van der Waals surface area contributed by atoms with E-state index in [1.807, 2.05) is 23.1 Å². The number of rotatable bonds is 7. The summed E-state index contributed by atoms with van der Waals surface area (Å²) in [6.07, 6.45) is 5.43. The minimum Gasteiger partial charge on any atom is -0.454 e. The van der Waals surface area contributed by atoms with Crippen LogP contribution in [0.25, 0.3) is 0 Å². The minimum atomic E-state index is -0.0220. The average Bonchev–Trinajstić information content (AvgIpc) is 3.40. The van der Waals surface area contributed by atoms with Crippen molar-refractivity contribution in [1.29, 1.82) is 0 Å². The molecule has 1 aromatic carbocycles. The summed E-state index contributed by atoms with van der Waals surface area (Å²) in [4.78, 5) is 30.7. The Bertz CT molecular complexity index is 935. The van der Waals surface area contributed by atoms with Crippen LogP contribution >= 0.6 is 11.3 Å². The normalized spacial score (nSPS) is 15.7. The number of benzene rings is 1. The molecule has 4 rings (SSSR count). The fourth-order valence-electron chi connectivity index (χ4n) is 4.37. The standard InChI is InChI=1S/C24H30N2O4S/c1-17-10-11-31-23(17)14-25(13-19-8-9-21-22(12-19)30-16-29-21)24(28)15-26(18(2)27)20-6-4-3-5-7-20/h8-12,20H,3-7,13-16H2,1-2H3. The Morgan fingerprint density at radius 3 is 2.55 bits per heavy atom. The Balaban J connectivity index is 1.53. The fraction of sp³-hybridized carbons (Fsp3) is 0.500. The number of nitrogens with zero attached hydrogens (tertiary/aromatic N) is 2. The molecule has 1 saturated carbocycles. The van der Waals surface area contributed by atoms with E-state index in [-0.39, 0.29) is 31.2 Å². The van der Waals surface area contributed by atoms with Crippen molar-refractivity contribution in [2.24, 2.45) is 0 Å². The van der Waals surface area contributed by atoms with Crippen molar-refractivity contribution in [2.75, 3.05) is 13.3 Å². The van der Waals surface area contributed by atoms with Gasteiger partial charge in [0.05, 0.1) is 6.54 Å². The molecule has 0 bridgehead atoms. The second-order valence-corrected chi connectivity index (χ2v) is 9.40. The number of ether oxygens (including phenoxy) is 2. The number of hydrogen-bond donors (Lipinski definition) is 0. The predicted octanol–water partition coefficient (Wildman–Crippen LogP) is 4.50. The van der Waals surface area contributed by atoms with Gasteiger partial charge in [0, 0.05) is 24.4 Å². The smallest absolute Gasteiger partial charge is 0.242 e. The van der Waals surface area contributed by atoms with Crippen LogP contribution in [0.4, 0.5) is 0 Å². The molecule has 0 unspecified atom stereocenters. The molecule has 6 nitrogen and oxygen atoms in total. The number of carbonyl (C=O) groups excluding carboxylic acids is 2. The lowest BCUT2D eigenvalue weighted by atomic mass is 9.94. The lowest BCUT2D eigenvalue weighted by molar-refractivity contribution is -0.142. The number of carbonyl (C=O) groups is 2. The van der Waals surface area contributed by atoms with Gasteiger partial charge in [0.2, 0.25) is 18.6 Å². The Morgan fingerprint density at radius 2 is 1.84 bits per heavy atom. The molecular weight excluding hydrogens is 412 g/mol. The first-order chi connectivity index (χ1) is 15.0. The SMILES string of the molecule is CC(=O)N(CC(=O)N(Cc1ccc2c(c1)OCO2)Cc1sccc1C)C1CCCCC1. The molecule has 31 heavy (non-hydrogen) atoms. The van der Waals surface area contributed by atoms with Crippen LogP contribution in [-0.4, -0.2) is 41.0 Å². The Kier molecular flexibility index (Phi) is 6.80. The van der Waals surface area contributed by atoms with E-state index >= 15 is 0 Å². The molecule has 2 aromatic rings. The molecule has 0 saturated heterocycles. The van der Waals surface area contributed by atoms with Crippen molar-refractivity contribution < 1.29 is 19.1 Å². The maximum absolute atomic E-state index is 13.5. The Hall–Kier alpha value is -2.54. The van der Waals surface area contributed by atoms with Gasteiger partial charge < -0.3 is 19.3 Å². The molecule has 2 amide bonds. The molecular formula is C24H30N2O4S. The quantitative estimate of drug-likeness (QED) is 0.634. The summed E-state index contributed by atoms with van der Waals surface area (Å²) < 4.78 is 10.9. The van der Waals surface area contributed by atoms with Crippen molar-refractivity contribution in [2.45, 2.75) is 65.1 Å². The van der Waals surface area contributed by atoms with Gasteiger partial charge in [-0.1, -0.05) is 25.3 Å². The zero-order valence-corrected chi connectivity index (χ0v) is 19.1. The van der Waals surface area contributed by atoms with Crippen molar-refractivity contribution >= 4 is 23.2 Å². The van der Waals surface area contributed by atoms with Crippen molar-refractivity contribution in [1.82, 2.24) is 9.80 Å². The van der Waals surface area contributed by atoms with E-state index in [0.29, 0.717) is 18.8 Å². The summed E-state index contributed by atoms with van der Waals surface area (Å²) in [5, 5.41) is 2.05. The van der Waals surface area contributed by atoms with E-state index in [1.165, 1.54) is 16.9 Å². The van der Waals surface area contributed by atoms with Crippen LogP contribution in [0.5, 0.6) is 11.5 Å². The third-order valence-corrected chi connectivity index (χ3v) is 7.20. The average molecular weight is 443 g/mol. The summed E-state index contributed by atoms with van der Waals surface area (Å²) in [5.41, 5.74) is 2.17. The summed E-state index contributed by atoms with van der Waals surface area (Å²) in [6.45, 7) is 5.00. The van der Waals surface area contributed by atoms with E-state index < -0.39 is 0 Å². The zero-order valence-electron chi connectivity index (χ0n) is 18.3. The van der Waals surface area contributed by atoms with Crippen molar-refractivity contribution in [3.8, 4) is 11.5 Å². The van der Waals surface area contributed by atoms with Gasteiger partial charge in [0.25, 0.3) is 0 Å². The molecule has 2 heterocycles. The number of amides is 2. The number of hydrogen-bond acceptors (Lipinski definition) is 5. The molecule has 1 aromatic heterocycles. The van der Waals surface area contributed by atoms with Gasteiger partial charge in [-0.2, -0.15) is 0 Å². The van der Waals surface area contributed by atoms with Crippen LogP contribution in [0.15, 0.2) is 29.6 Å². The van der Waals surface area contributed by atoms with E-state index in [9.17, 15) is 9.59 Å².